The summed E-state index contributed by atoms with van der Waals surface area (Å²) in [5, 5.41) is 6.02. The quantitative estimate of drug-likeness (QED) is 0.865. The molecule has 26 heavy (non-hydrogen) atoms. The summed E-state index contributed by atoms with van der Waals surface area (Å²) in [5.41, 5.74) is 2.74. The third kappa shape index (κ3) is 4.03. The van der Waals surface area contributed by atoms with Crippen LogP contribution in [-0.4, -0.2) is 24.3 Å². The molecule has 134 valence electrons. The van der Waals surface area contributed by atoms with E-state index in [4.69, 9.17) is 11.6 Å². The highest BCUT2D eigenvalue weighted by Gasteiger charge is 2.26. The number of carbonyl (C=O) groups excluding carboxylic acids is 3. The highest BCUT2D eigenvalue weighted by Crippen LogP contribution is 2.29. The molecule has 0 radical (unpaired) electrons. The molecular formula is C19H18ClN3O3. The fourth-order valence-corrected chi connectivity index (χ4v) is 2.92. The van der Waals surface area contributed by atoms with Crippen molar-refractivity contribution in [1.29, 1.82) is 0 Å². The van der Waals surface area contributed by atoms with Crippen LogP contribution in [0.5, 0.6) is 0 Å². The third-order valence-electron chi connectivity index (χ3n) is 4.11. The van der Waals surface area contributed by atoms with E-state index in [2.05, 4.69) is 10.6 Å². The number of hydrogen-bond donors (Lipinski definition) is 2. The van der Waals surface area contributed by atoms with E-state index in [1.807, 2.05) is 13.0 Å². The van der Waals surface area contributed by atoms with E-state index in [1.54, 1.807) is 36.4 Å². The van der Waals surface area contributed by atoms with Gasteiger partial charge in [0.2, 0.25) is 17.7 Å². The minimum absolute atomic E-state index is 0.00700. The van der Waals surface area contributed by atoms with Gasteiger partial charge in [0.1, 0.15) is 6.54 Å². The van der Waals surface area contributed by atoms with Crippen LogP contribution in [0.25, 0.3) is 0 Å². The Hall–Kier alpha value is -2.86. The number of rotatable bonds is 4. The van der Waals surface area contributed by atoms with Crippen molar-refractivity contribution in [2.24, 2.45) is 0 Å². The van der Waals surface area contributed by atoms with Gasteiger partial charge in [0.25, 0.3) is 0 Å². The lowest BCUT2D eigenvalue weighted by Crippen LogP contribution is -2.42. The van der Waals surface area contributed by atoms with Gasteiger partial charge in [-0.2, -0.15) is 0 Å². The molecule has 3 rings (SSSR count). The van der Waals surface area contributed by atoms with Crippen LogP contribution in [0.2, 0.25) is 5.02 Å². The molecule has 0 aromatic heterocycles. The molecule has 2 aromatic rings. The minimum Gasteiger partial charge on any atom is -0.326 e. The summed E-state index contributed by atoms with van der Waals surface area (Å²) in [6.07, 6.45) is 0.0259. The van der Waals surface area contributed by atoms with Gasteiger partial charge in [-0.15, -0.1) is 0 Å². The second-order valence-corrected chi connectivity index (χ2v) is 6.49. The van der Waals surface area contributed by atoms with Gasteiger partial charge < -0.3 is 15.5 Å². The first-order chi connectivity index (χ1) is 12.4. The fourth-order valence-electron chi connectivity index (χ4n) is 2.75. The first-order valence-corrected chi connectivity index (χ1v) is 8.57. The summed E-state index contributed by atoms with van der Waals surface area (Å²) in [6.45, 7) is 1.81. The molecule has 1 aliphatic heterocycles. The molecule has 0 aliphatic carbocycles. The standard InChI is InChI=1S/C19H18ClN3O3/c1-12-6-7-13(20)10-15(12)22-17(24)8-9-19(26)23-11-18(25)21-14-4-2-3-5-16(14)23/h2-7,10H,8-9,11H2,1H3,(H,21,25)(H,22,24). The van der Waals surface area contributed by atoms with Crippen molar-refractivity contribution >= 4 is 46.4 Å². The van der Waals surface area contributed by atoms with E-state index in [0.717, 1.165) is 5.56 Å². The molecule has 2 N–H and O–H groups in total. The van der Waals surface area contributed by atoms with Gasteiger partial charge >= 0.3 is 0 Å². The zero-order valence-electron chi connectivity index (χ0n) is 14.2. The number of halogens is 1. The summed E-state index contributed by atoms with van der Waals surface area (Å²) in [4.78, 5) is 37.9. The SMILES string of the molecule is Cc1ccc(Cl)cc1NC(=O)CCC(=O)N1CC(=O)Nc2ccccc21. The van der Waals surface area contributed by atoms with E-state index < -0.39 is 0 Å². The molecule has 2 aromatic carbocycles. The molecule has 6 nitrogen and oxygen atoms in total. The van der Waals surface area contributed by atoms with Gasteiger partial charge in [-0.05, 0) is 36.8 Å². The van der Waals surface area contributed by atoms with Crippen LogP contribution in [-0.2, 0) is 14.4 Å². The summed E-state index contributed by atoms with van der Waals surface area (Å²) in [5.74, 6) is -0.806. The number of benzene rings is 2. The molecule has 1 heterocycles. The van der Waals surface area contributed by atoms with Gasteiger partial charge in [-0.25, -0.2) is 0 Å². The van der Waals surface area contributed by atoms with Crippen molar-refractivity contribution in [3.63, 3.8) is 0 Å². The second kappa shape index (κ2) is 7.58. The normalized spacial score (nSPS) is 13.0. The lowest BCUT2D eigenvalue weighted by Gasteiger charge is -2.29. The van der Waals surface area contributed by atoms with Gasteiger partial charge in [-0.1, -0.05) is 29.8 Å². The van der Waals surface area contributed by atoms with Crippen molar-refractivity contribution in [3.05, 3.63) is 53.1 Å². The Balaban J connectivity index is 1.63. The molecule has 3 amide bonds. The lowest BCUT2D eigenvalue weighted by molar-refractivity contribution is -0.124. The van der Waals surface area contributed by atoms with E-state index in [-0.39, 0.29) is 37.1 Å². The van der Waals surface area contributed by atoms with Gasteiger partial charge in [0, 0.05) is 23.6 Å². The first-order valence-electron chi connectivity index (χ1n) is 8.19. The van der Waals surface area contributed by atoms with Crippen LogP contribution in [0.3, 0.4) is 0 Å². The summed E-state index contributed by atoms with van der Waals surface area (Å²) in [6, 6.07) is 12.3. The number of nitrogens with one attached hydrogen (secondary N) is 2. The van der Waals surface area contributed by atoms with Crippen LogP contribution in [0.15, 0.2) is 42.5 Å². The van der Waals surface area contributed by atoms with E-state index in [9.17, 15) is 14.4 Å². The number of hydrogen-bond acceptors (Lipinski definition) is 3. The number of fused-ring (bicyclic) bond motifs is 1. The molecule has 7 heteroatoms. The number of nitrogens with zero attached hydrogens (tertiary/aromatic N) is 1. The van der Waals surface area contributed by atoms with Gasteiger partial charge in [-0.3, -0.25) is 14.4 Å². The maximum atomic E-state index is 12.5. The molecule has 1 aliphatic rings. The number of amides is 3. The third-order valence-corrected chi connectivity index (χ3v) is 4.35. The van der Waals surface area contributed by atoms with E-state index in [0.29, 0.717) is 22.1 Å². The highest BCUT2D eigenvalue weighted by atomic mass is 35.5. The van der Waals surface area contributed by atoms with Crippen molar-refractivity contribution in [3.8, 4) is 0 Å². The Kier molecular flexibility index (Phi) is 5.23. The van der Waals surface area contributed by atoms with Crippen molar-refractivity contribution < 1.29 is 14.4 Å². The van der Waals surface area contributed by atoms with Crippen molar-refractivity contribution in [2.45, 2.75) is 19.8 Å². The van der Waals surface area contributed by atoms with E-state index >= 15 is 0 Å². The van der Waals surface area contributed by atoms with Gasteiger partial charge in [0.15, 0.2) is 0 Å². The maximum absolute atomic E-state index is 12.5. The van der Waals surface area contributed by atoms with Crippen LogP contribution < -0.4 is 15.5 Å². The number of aryl methyl sites for hydroxylation is 1. The number of para-hydroxylation sites is 2. The minimum atomic E-state index is -0.279. The Bertz CT molecular complexity index is 882. The lowest BCUT2D eigenvalue weighted by atomic mass is 10.1. The Morgan fingerprint density at radius 1 is 1.19 bits per heavy atom. The number of carbonyl (C=O) groups is 3. The Labute approximate surface area is 156 Å². The predicted molar refractivity (Wildman–Crippen MR) is 101 cm³/mol. The smallest absolute Gasteiger partial charge is 0.244 e. The monoisotopic (exact) mass is 371 g/mol. The Morgan fingerprint density at radius 3 is 2.77 bits per heavy atom. The van der Waals surface area contributed by atoms with E-state index in [1.165, 1.54) is 4.90 Å². The molecule has 0 saturated carbocycles. The van der Waals surface area contributed by atoms with Crippen LogP contribution in [0.1, 0.15) is 18.4 Å². The van der Waals surface area contributed by atoms with Crippen LogP contribution in [0.4, 0.5) is 17.1 Å². The first kappa shape index (κ1) is 17.9. The molecule has 0 fully saturated rings. The molecule has 0 atom stereocenters. The van der Waals surface area contributed by atoms with Crippen LogP contribution in [0, 0.1) is 6.92 Å². The summed E-state index contributed by atoms with van der Waals surface area (Å²) in [7, 11) is 0. The molecule has 0 bridgehead atoms. The molecule has 0 unspecified atom stereocenters. The molecular weight excluding hydrogens is 354 g/mol. The fraction of sp³-hybridized carbons (Fsp3) is 0.211. The number of anilines is 3. The highest BCUT2D eigenvalue weighted by molar-refractivity contribution is 6.31. The largest absolute Gasteiger partial charge is 0.326 e. The molecule has 0 spiro atoms. The van der Waals surface area contributed by atoms with Crippen molar-refractivity contribution in [2.75, 3.05) is 22.1 Å². The maximum Gasteiger partial charge on any atom is 0.244 e. The van der Waals surface area contributed by atoms with Crippen molar-refractivity contribution in [1.82, 2.24) is 0 Å². The molecule has 0 saturated heterocycles. The van der Waals surface area contributed by atoms with Crippen LogP contribution >= 0.6 is 11.6 Å². The summed E-state index contributed by atoms with van der Waals surface area (Å²) >= 11 is 5.94. The zero-order valence-corrected chi connectivity index (χ0v) is 15.0. The Morgan fingerprint density at radius 2 is 1.96 bits per heavy atom. The predicted octanol–water partition coefficient (Wildman–Crippen LogP) is 3.35. The summed E-state index contributed by atoms with van der Waals surface area (Å²) < 4.78 is 0. The zero-order chi connectivity index (χ0) is 18.7. The average Bonchev–Trinajstić information content (AvgIpc) is 2.62. The average molecular weight is 372 g/mol. The topological polar surface area (TPSA) is 78.5 Å². The second-order valence-electron chi connectivity index (χ2n) is 6.05. The van der Waals surface area contributed by atoms with Gasteiger partial charge in [0.05, 0.1) is 11.4 Å².